The molecule has 3 heteroatoms. The molecule has 2 fully saturated rings. The van der Waals surface area contributed by atoms with Gasteiger partial charge in [-0.3, -0.25) is 0 Å². The SMILES string of the molecule is C[N+]12CCCCC1C(COCCC#N)CCC2. The molecule has 2 rings (SSSR count). The molecule has 0 radical (unpaired) electrons. The predicted octanol–water partition coefficient (Wildman–Crippen LogP) is 2.33. The van der Waals surface area contributed by atoms with Crippen molar-refractivity contribution < 1.29 is 9.22 Å². The monoisotopic (exact) mass is 237 g/mol. The number of piperidine rings is 2. The van der Waals surface area contributed by atoms with Crippen molar-refractivity contribution in [3.05, 3.63) is 0 Å². The zero-order valence-electron chi connectivity index (χ0n) is 11.0. The maximum Gasteiger partial charge on any atom is 0.0939 e. The fourth-order valence-electron chi connectivity index (χ4n) is 3.78. The first kappa shape index (κ1) is 12.9. The highest BCUT2D eigenvalue weighted by atomic mass is 16.5. The second-order valence-corrected chi connectivity index (χ2v) is 5.88. The van der Waals surface area contributed by atoms with Crippen LogP contribution in [0, 0.1) is 17.2 Å². The van der Waals surface area contributed by atoms with Gasteiger partial charge in [0.2, 0.25) is 0 Å². The lowest BCUT2D eigenvalue weighted by Gasteiger charge is -2.51. The molecule has 17 heavy (non-hydrogen) atoms. The van der Waals surface area contributed by atoms with Crippen molar-refractivity contribution in [2.45, 2.75) is 44.6 Å². The summed E-state index contributed by atoms with van der Waals surface area (Å²) in [5.41, 5.74) is 0. The van der Waals surface area contributed by atoms with Crippen LogP contribution in [0.1, 0.15) is 38.5 Å². The van der Waals surface area contributed by atoms with Crippen LogP contribution < -0.4 is 0 Å². The van der Waals surface area contributed by atoms with E-state index in [0.717, 1.165) is 18.6 Å². The Hall–Kier alpha value is -0.590. The van der Waals surface area contributed by atoms with E-state index >= 15 is 0 Å². The van der Waals surface area contributed by atoms with Crippen LogP contribution in [0.15, 0.2) is 0 Å². The van der Waals surface area contributed by atoms with Crippen molar-refractivity contribution in [3.63, 3.8) is 0 Å². The average molecular weight is 237 g/mol. The van der Waals surface area contributed by atoms with Crippen LogP contribution in [-0.2, 0) is 4.74 Å². The number of nitrogens with zero attached hydrogens (tertiary/aromatic N) is 2. The minimum absolute atomic E-state index is 0.531. The van der Waals surface area contributed by atoms with Gasteiger partial charge in [-0.15, -0.1) is 0 Å². The molecule has 0 aliphatic carbocycles. The molecule has 0 aromatic carbocycles. The molecule has 0 saturated carbocycles. The summed E-state index contributed by atoms with van der Waals surface area (Å²) in [7, 11) is 2.44. The van der Waals surface area contributed by atoms with E-state index in [0.29, 0.717) is 13.0 Å². The molecule has 2 aliphatic heterocycles. The topological polar surface area (TPSA) is 33.0 Å². The first-order valence-electron chi connectivity index (χ1n) is 7.05. The van der Waals surface area contributed by atoms with Crippen molar-refractivity contribution in [3.8, 4) is 6.07 Å². The Balaban J connectivity index is 1.86. The molecule has 2 saturated heterocycles. The molecule has 0 aromatic heterocycles. The average Bonchev–Trinajstić information content (AvgIpc) is 2.34. The quantitative estimate of drug-likeness (QED) is 0.555. The normalized spacial score (nSPS) is 37.2. The molecule has 0 spiro atoms. The first-order valence-corrected chi connectivity index (χ1v) is 7.05. The number of ether oxygens (including phenoxy) is 1. The van der Waals surface area contributed by atoms with Crippen molar-refractivity contribution in [1.29, 1.82) is 5.26 Å². The van der Waals surface area contributed by atoms with E-state index in [4.69, 9.17) is 10.00 Å². The van der Waals surface area contributed by atoms with Crippen LogP contribution in [0.4, 0.5) is 0 Å². The van der Waals surface area contributed by atoms with Crippen molar-refractivity contribution in [1.82, 2.24) is 0 Å². The molecular weight excluding hydrogens is 212 g/mol. The lowest BCUT2D eigenvalue weighted by atomic mass is 9.82. The fourth-order valence-corrected chi connectivity index (χ4v) is 3.78. The van der Waals surface area contributed by atoms with Gasteiger partial charge in [0.05, 0.1) is 51.9 Å². The predicted molar refractivity (Wildman–Crippen MR) is 67.3 cm³/mol. The van der Waals surface area contributed by atoms with Crippen LogP contribution in [-0.4, -0.2) is 43.9 Å². The highest BCUT2D eigenvalue weighted by molar-refractivity contribution is 4.79. The molecule has 3 unspecified atom stereocenters. The molecule has 0 aromatic rings. The van der Waals surface area contributed by atoms with Crippen molar-refractivity contribution in [2.24, 2.45) is 5.92 Å². The highest BCUT2D eigenvalue weighted by Gasteiger charge is 2.43. The van der Waals surface area contributed by atoms with Gasteiger partial charge in [0.15, 0.2) is 0 Å². The fraction of sp³-hybridized carbons (Fsp3) is 0.929. The number of nitriles is 1. The number of rotatable bonds is 4. The molecule has 0 N–H and O–H groups in total. The maximum absolute atomic E-state index is 8.50. The van der Waals surface area contributed by atoms with Gasteiger partial charge in [0.1, 0.15) is 0 Å². The molecule has 3 nitrogen and oxygen atoms in total. The van der Waals surface area contributed by atoms with E-state index in [9.17, 15) is 0 Å². The third-order valence-electron chi connectivity index (χ3n) is 4.70. The van der Waals surface area contributed by atoms with Gasteiger partial charge in [-0.25, -0.2) is 0 Å². The van der Waals surface area contributed by atoms with Gasteiger partial charge >= 0.3 is 0 Å². The van der Waals surface area contributed by atoms with E-state index < -0.39 is 0 Å². The number of hydrogen-bond acceptors (Lipinski definition) is 2. The Morgan fingerprint density at radius 1 is 1.24 bits per heavy atom. The maximum atomic E-state index is 8.50. The summed E-state index contributed by atoms with van der Waals surface area (Å²) in [6.07, 6.45) is 7.37. The molecular formula is C14H25N2O+. The molecule has 0 amide bonds. The van der Waals surface area contributed by atoms with Crippen LogP contribution in [0.3, 0.4) is 0 Å². The van der Waals surface area contributed by atoms with E-state index in [1.807, 2.05) is 0 Å². The Morgan fingerprint density at radius 2 is 2.06 bits per heavy atom. The Bertz CT molecular complexity index is 282. The zero-order valence-corrected chi connectivity index (χ0v) is 11.0. The molecule has 2 aliphatic rings. The van der Waals surface area contributed by atoms with E-state index in [1.165, 1.54) is 49.7 Å². The minimum atomic E-state index is 0.531. The van der Waals surface area contributed by atoms with Crippen LogP contribution in [0.5, 0.6) is 0 Å². The van der Waals surface area contributed by atoms with E-state index in [1.54, 1.807) is 0 Å². The summed E-state index contributed by atoms with van der Waals surface area (Å²) in [4.78, 5) is 0. The third-order valence-corrected chi connectivity index (χ3v) is 4.70. The summed E-state index contributed by atoms with van der Waals surface area (Å²) < 4.78 is 6.96. The smallest absolute Gasteiger partial charge is 0.0939 e. The van der Waals surface area contributed by atoms with Crippen molar-refractivity contribution in [2.75, 3.05) is 33.4 Å². The Morgan fingerprint density at radius 3 is 2.88 bits per heavy atom. The van der Waals surface area contributed by atoms with Crippen LogP contribution in [0.25, 0.3) is 0 Å². The standard InChI is InChI=1S/C14H25N2O/c1-16-9-3-2-7-14(16)13(6-4-10-16)12-17-11-5-8-15/h13-14H,2-7,9-12H2,1H3/q+1. The summed E-state index contributed by atoms with van der Waals surface area (Å²) in [5, 5.41) is 8.50. The second-order valence-electron chi connectivity index (χ2n) is 5.88. The van der Waals surface area contributed by atoms with Gasteiger partial charge in [-0.05, 0) is 25.7 Å². The van der Waals surface area contributed by atoms with Gasteiger partial charge in [0, 0.05) is 12.3 Å². The van der Waals surface area contributed by atoms with Gasteiger partial charge in [-0.2, -0.15) is 5.26 Å². The Labute approximate surface area is 105 Å². The minimum Gasteiger partial charge on any atom is -0.380 e. The lowest BCUT2D eigenvalue weighted by molar-refractivity contribution is -0.947. The third kappa shape index (κ3) is 3.00. The Kier molecular flexibility index (Phi) is 4.42. The van der Waals surface area contributed by atoms with Crippen molar-refractivity contribution >= 4 is 0 Å². The summed E-state index contributed by atoms with van der Waals surface area (Å²) in [5.74, 6) is 0.729. The lowest BCUT2D eigenvalue weighted by Crippen LogP contribution is -2.61. The molecule has 3 atom stereocenters. The van der Waals surface area contributed by atoms with E-state index in [-0.39, 0.29) is 0 Å². The molecule has 2 heterocycles. The number of hydrogen-bond donors (Lipinski definition) is 0. The number of fused-ring (bicyclic) bond motifs is 1. The molecule has 96 valence electrons. The second kappa shape index (κ2) is 5.84. The van der Waals surface area contributed by atoms with Crippen LogP contribution >= 0.6 is 0 Å². The first-order chi connectivity index (χ1) is 8.26. The number of quaternary nitrogens is 1. The summed E-state index contributed by atoms with van der Waals surface area (Å²) in [6, 6.07) is 2.96. The van der Waals surface area contributed by atoms with E-state index in [2.05, 4.69) is 13.1 Å². The highest BCUT2D eigenvalue weighted by Crippen LogP contribution is 2.35. The van der Waals surface area contributed by atoms with Crippen LogP contribution in [0.2, 0.25) is 0 Å². The van der Waals surface area contributed by atoms with Gasteiger partial charge in [0.25, 0.3) is 0 Å². The zero-order chi connectivity index (χ0) is 12.1. The largest absolute Gasteiger partial charge is 0.380 e. The molecule has 0 bridgehead atoms. The van der Waals surface area contributed by atoms with Gasteiger partial charge < -0.3 is 9.22 Å². The summed E-state index contributed by atoms with van der Waals surface area (Å²) >= 11 is 0. The van der Waals surface area contributed by atoms with Gasteiger partial charge in [-0.1, -0.05) is 0 Å². The summed E-state index contributed by atoms with van der Waals surface area (Å²) in [6.45, 7) is 4.21.